The summed E-state index contributed by atoms with van der Waals surface area (Å²) >= 11 is 0. The Kier molecular flexibility index (Phi) is 9.94. The van der Waals surface area contributed by atoms with Crippen LogP contribution >= 0.6 is 12.4 Å². The summed E-state index contributed by atoms with van der Waals surface area (Å²) in [5.41, 5.74) is 5.13. The van der Waals surface area contributed by atoms with Crippen LogP contribution < -0.4 is 5.48 Å². The molecule has 2 amide bonds. The van der Waals surface area contributed by atoms with Crippen LogP contribution in [0.5, 0.6) is 0 Å². The second kappa shape index (κ2) is 13.3. The maximum Gasteiger partial charge on any atom is 0.267 e. The summed E-state index contributed by atoms with van der Waals surface area (Å²) in [6.07, 6.45) is 5.89. The first-order valence-corrected chi connectivity index (χ1v) is 11.5. The lowest BCUT2D eigenvalue weighted by Gasteiger charge is -2.41. The smallest absolute Gasteiger partial charge is 0.267 e. The van der Waals surface area contributed by atoms with Gasteiger partial charge in [0.25, 0.3) is 5.91 Å². The number of amides is 2. The highest BCUT2D eigenvalue weighted by Crippen LogP contribution is 2.27. The predicted octanol–water partition coefficient (Wildman–Crippen LogP) is 4.12. The first-order chi connectivity index (χ1) is 17.1. The summed E-state index contributed by atoms with van der Waals surface area (Å²) in [5.74, 6) is -0.699. The molecule has 0 aliphatic carbocycles. The second-order valence-corrected chi connectivity index (χ2v) is 8.30. The lowest BCUT2D eigenvalue weighted by atomic mass is 10.0. The Balaban J connectivity index is 0.00000361. The van der Waals surface area contributed by atoms with E-state index in [4.69, 9.17) is 5.21 Å². The van der Waals surface area contributed by atoms with Crippen molar-refractivity contribution in [2.24, 2.45) is 0 Å². The predicted molar refractivity (Wildman–Crippen MR) is 142 cm³/mol. The van der Waals surface area contributed by atoms with E-state index in [9.17, 15) is 9.59 Å². The molecule has 4 rings (SSSR count). The molecule has 0 bridgehead atoms. The van der Waals surface area contributed by atoms with Crippen LogP contribution in [0, 0.1) is 0 Å². The van der Waals surface area contributed by atoms with E-state index in [0.29, 0.717) is 24.5 Å². The Morgan fingerprint density at radius 3 is 2.19 bits per heavy atom. The number of pyridine rings is 1. The quantitative estimate of drug-likeness (QED) is 0.287. The zero-order valence-corrected chi connectivity index (χ0v) is 20.6. The van der Waals surface area contributed by atoms with Crippen LogP contribution in [0.1, 0.15) is 28.6 Å². The van der Waals surface area contributed by atoms with Crippen LogP contribution in [0.4, 0.5) is 0 Å². The van der Waals surface area contributed by atoms with Crippen molar-refractivity contribution in [3.8, 4) is 0 Å². The van der Waals surface area contributed by atoms with Crippen LogP contribution in [0.3, 0.4) is 0 Å². The lowest BCUT2D eigenvalue weighted by Crippen LogP contribution is -2.49. The van der Waals surface area contributed by atoms with Crippen LogP contribution in [0.15, 0.2) is 91.0 Å². The molecule has 186 valence electrons. The molecule has 1 aliphatic heterocycles. The third kappa shape index (κ3) is 7.36. The summed E-state index contributed by atoms with van der Waals surface area (Å²) in [5, 5.41) is 8.59. The molecule has 1 atom stereocenters. The number of carbonyl (C=O) groups is 2. The van der Waals surface area contributed by atoms with Crippen molar-refractivity contribution < 1.29 is 14.8 Å². The summed E-state index contributed by atoms with van der Waals surface area (Å²) < 4.78 is 0. The SMILES string of the molecule is Cl.O=C(/C=C/c1cccc(/C=C/C(=O)N2CCN(Cc3ccccc3)C(c3ccccc3)C2)n1)NO. The Morgan fingerprint density at radius 2 is 1.53 bits per heavy atom. The zero-order valence-electron chi connectivity index (χ0n) is 19.7. The lowest BCUT2D eigenvalue weighted by molar-refractivity contribution is -0.129. The van der Waals surface area contributed by atoms with Crippen molar-refractivity contribution in [3.63, 3.8) is 0 Å². The van der Waals surface area contributed by atoms with E-state index in [-0.39, 0.29) is 24.4 Å². The van der Waals surface area contributed by atoms with Crippen molar-refractivity contribution in [1.29, 1.82) is 0 Å². The average Bonchev–Trinajstić information content (AvgIpc) is 2.92. The number of carbonyl (C=O) groups excluding carboxylic acids is 2. The summed E-state index contributed by atoms with van der Waals surface area (Å²) in [6.45, 7) is 2.86. The van der Waals surface area contributed by atoms with E-state index in [2.05, 4.69) is 46.3 Å². The third-order valence-corrected chi connectivity index (χ3v) is 5.92. The van der Waals surface area contributed by atoms with Gasteiger partial charge in [-0.25, -0.2) is 10.5 Å². The van der Waals surface area contributed by atoms with Crippen molar-refractivity contribution >= 4 is 36.4 Å². The van der Waals surface area contributed by atoms with Crippen LogP contribution in [0.2, 0.25) is 0 Å². The van der Waals surface area contributed by atoms with Gasteiger partial charge in [-0.05, 0) is 35.4 Å². The Hall–Kier alpha value is -3.78. The molecule has 0 radical (unpaired) electrons. The fourth-order valence-corrected chi connectivity index (χ4v) is 4.13. The molecular weight excluding hydrogens is 476 g/mol. The van der Waals surface area contributed by atoms with Crippen molar-refractivity contribution in [2.45, 2.75) is 12.6 Å². The fourth-order valence-electron chi connectivity index (χ4n) is 4.13. The van der Waals surface area contributed by atoms with Gasteiger partial charge in [-0.2, -0.15) is 0 Å². The average molecular weight is 505 g/mol. The van der Waals surface area contributed by atoms with Gasteiger partial charge in [0.05, 0.1) is 17.4 Å². The molecular formula is C28H29ClN4O3. The van der Waals surface area contributed by atoms with E-state index in [0.717, 1.165) is 13.1 Å². The van der Waals surface area contributed by atoms with E-state index in [1.807, 2.05) is 29.2 Å². The molecule has 0 spiro atoms. The number of halogens is 1. The largest absolute Gasteiger partial charge is 0.336 e. The van der Waals surface area contributed by atoms with Gasteiger partial charge >= 0.3 is 0 Å². The molecule has 8 heteroatoms. The minimum absolute atomic E-state index is 0. The van der Waals surface area contributed by atoms with Crippen molar-refractivity contribution in [2.75, 3.05) is 19.6 Å². The highest BCUT2D eigenvalue weighted by molar-refractivity contribution is 5.92. The Bertz CT molecular complexity index is 1200. The van der Waals surface area contributed by atoms with E-state index in [1.54, 1.807) is 30.4 Å². The highest BCUT2D eigenvalue weighted by Gasteiger charge is 2.29. The van der Waals surface area contributed by atoms with Gasteiger partial charge in [-0.3, -0.25) is 19.7 Å². The zero-order chi connectivity index (χ0) is 24.5. The number of piperazine rings is 1. The summed E-state index contributed by atoms with van der Waals surface area (Å²) in [4.78, 5) is 32.9. The molecule has 2 aromatic carbocycles. The second-order valence-electron chi connectivity index (χ2n) is 8.30. The van der Waals surface area contributed by atoms with E-state index >= 15 is 0 Å². The van der Waals surface area contributed by atoms with Crippen molar-refractivity contribution in [1.82, 2.24) is 20.3 Å². The van der Waals surface area contributed by atoms with Gasteiger partial charge in [0.1, 0.15) is 0 Å². The molecule has 0 saturated carbocycles. The first kappa shape index (κ1) is 26.8. The number of aromatic nitrogens is 1. The van der Waals surface area contributed by atoms with Gasteiger partial charge in [0.2, 0.25) is 5.91 Å². The molecule has 7 nitrogen and oxygen atoms in total. The van der Waals surface area contributed by atoms with Crippen LogP contribution in [0.25, 0.3) is 12.2 Å². The maximum atomic E-state index is 13.1. The number of nitrogens with zero attached hydrogens (tertiary/aromatic N) is 3. The van der Waals surface area contributed by atoms with Crippen LogP contribution in [-0.4, -0.2) is 51.4 Å². The Labute approximate surface area is 217 Å². The number of nitrogens with one attached hydrogen (secondary N) is 1. The van der Waals surface area contributed by atoms with Gasteiger partial charge in [-0.1, -0.05) is 66.7 Å². The van der Waals surface area contributed by atoms with Crippen molar-refractivity contribution in [3.05, 3.63) is 114 Å². The summed E-state index contributed by atoms with van der Waals surface area (Å²) in [6, 6.07) is 26.1. The van der Waals surface area contributed by atoms with Gasteiger partial charge in [-0.15, -0.1) is 12.4 Å². The molecule has 1 aromatic heterocycles. The van der Waals surface area contributed by atoms with Gasteiger partial charge in [0, 0.05) is 38.3 Å². The minimum atomic E-state index is -0.637. The van der Waals surface area contributed by atoms with Gasteiger partial charge < -0.3 is 4.90 Å². The maximum absolute atomic E-state index is 13.1. The minimum Gasteiger partial charge on any atom is -0.336 e. The molecule has 1 fully saturated rings. The molecule has 1 unspecified atom stereocenters. The third-order valence-electron chi connectivity index (χ3n) is 5.92. The highest BCUT2D eigenvalue weighted by atomic mass is 35.5. The number of rotatable bonds is 7. The number of benzene rings is 2. The molecule has 3 aromatic rings. The molecule has 2 heterocycles. The Morgan fingerprint density at radius 1 is 0.889 bits per heavy atom. The monoisotopic (exact) mass is 504 g/mol. The summed E-state index contributed by atoms with van der Waals surface area (Å²) in [7, 11) is 0. The molecule has 1 saturated heterocycles. The molecule has 36 heavy (non-hydrogen) atoms. The number of hydrogen-bond acceptors (Lipinski definition) is 5. The topological polar surface area (TPSA) is 85.8 Å². The number of hydrogen-bond donors (Lipinski definition) is 2. The number of hydroxylamine groups is 1. The molecule has 2 N–H and O–H groups in total. The van der Waals surface area contributed by atoms with E-state index in [1.165, 1.54) is 28.8 Å². The standard InChI is InChI=1S/C28H28N4O3.ClH/c33-27(30-35)16-14-24-12-7-13-25(29-24)15-17-28(34)32-19-18-31(20-22-8-3-1-4-9-22)26(21-32)23-10-5-2-6-11-23;/h1-17,26,35H,18-21H2,(H,30,33);1H/b16-14+,17-15+;. The van der Waals surface area contributed by atoms with Crippen LogP contribution in [-0.2, 0) is 16.1 Å². The fraction of sp³-hybridized carbons (Fsp3) is 0.179. The first-order valence-electron chi connectivity index (χ1n) is 11.5. The van der Waals surface area contributed by atoms with Gasteiger partial charge in [0.15, 0.2) is 0 Å². The van der Waals surface area contributed by atoms with E-state index < -0.39 is 5.91 Å². The molecule has 1 aliphatic rings. The normalized spacial score (nSPS) is 16.1.